The highest BCUT2D eigenvalue weighted by Crippen LogP contribution is 2.17. The summed E-state index contributed by atoms with van der Waals surface area (Å²) in [4.78, 5) is 11.9. The summed E-state index contributed by atoms with van der Waals surface area (Å²) in [6.07, 6.45) is 4.78. The summed E-state index contributed by atoms with van der Waals surface area (Å²) in [5, 5.41) is 10.7. The van der Waals surface area contributed by atoms with Crippen LogP contribution in [-0.2, 0) is 11.8 Å². The second-order valence-corrected chi connectivity index (χ2v) is 5.53. The first-order chi connectivity index (χ1) is 9.06. The van der Waals surface area contributed by atoms with Crippen LogP contribution in [0.4, 0.5) is 0 Å². The smallest absolute Gasteiger partial charge is 0.220 e. The Bertz CT molecular complexity index is 440. The fourth-order valence-electron chi connectivity index (χ4n) is 2.73. The van der Waals surface area contributed by atoms with Crippen LogP contribution >= 0.6 is 12.4 Å². The Morgan fingerprint density at radius 2 is 2.40 bits per heavy atom. The minimum Gasteiger partial charge on any atom is -0.349 e. The lowest BCUT2D eigenvalue weighted by atomic mass is 10.0. The van der Waals surface area contributed by atoms with Crippen LogP contribution in [0.15, 0.2) is 6.20 Å². The van der Waals surface area contributed by atoms with Gasteiger partial charge in [0.1, 0.15) is 0 Å². The van der Waals surface area contributed by atoms with Crippen molar-refractivity contribution in [2.75, 3.05) is 13.1 Å². The largest absolute Gasteiger partial charge is 0.349 e. The van der Waals surface area contributed by atoms with E-state index in [0.29, 0.717) is 12.3 Å². The number of rotatable bonds is 5. The molecule has 2 atom stereocenters. The van der Waals surface area contributed by atoms with Crippen LogP contribution in [0.1, 0.15) is 43.5 Å². The second-order valence-electron chi connectivity index (χ2n) is 5.53. The Labute approximate surface area is 126 Å². The number of carbonyl (C=O) groups is 1. The lowest BCUT2D eigenvalue weighted by Crippen LogP contribution is -2.27. The van der Waals surface area contributed by atoms with E-state index in [1.165, 1.54) is 6.42 Å². The number of aromatic nitrogens is 2. The Hall–Kier alpha value is -1.07. The van der Waals surface area contributed by atoms with Crippen molar-refractivity contribution in [1.29, 1.82) is 0 Å². The van der Waals surface area contributed by atoms with Gasteiger partial charge in [-0.05, 0) is 45.7 Å². The number of hydrogen-bond acceptors (Lipinski definition) is 3. The predicted molar refractivity (Wildman–Crippen MR) is 82.0 cm³/mol. The van der Waals surface area contributed by atoms with Crippen LogP contribution in [0.25, 0.3) is 0 Å². The van der Waals surface area contributed by atoms with Crippen LogP contribution < -0.4 is 10.6 Å². The van der Waals surface area contributed by atoms with Gasteiger partial charge in [-0.2, -0.15) is 5.10 Å². The van der Waals surface area contributed by atoms with E-state index in [2.05, 4.69) is 15.7 Å². The first-order valence-electron chi connectivity index (χ1n) is 7.06. The number of carbonyl (C=O) groups excluding carboxylic acids is 1. The number of nitrogens with zero attached hydrogens (tertiary/aromatic N) is 2. The lowest BCUT2D eigenvalue weighted by molar-refractivity contribution is -0.122. The van der Waals surface area contributed by atoms with E-state index in [1.807, 2.05) is 27.1 Å². The summed E-state index contributed by atoms with van der Waals surface area (Å²) in [6, 6.07) is 0.0305. The molecule has 2 rings (SSSR count). The van der Waals surface area contributed by atoms with Gasteiger partial charge in [-0.3, -0.25) is 9.48 Å². The number of halogens is 1. The minimum absolute atomic E-state index is 0. The molecule has 0 bridgehead atoms. The normalized spacial score (nSPS) is 19.4. The molecule has 6 heteroatoms. The van der Waals surface area contributed by atoms with Gasteiger partial charge in [-0.25, -0.2) is 0 Å². The zero-order valence-corrected chi connectivity index (χ0v) is 13.3. The first-order valence-corrected chi connectivity index (χ1v) is 7.06. The maximum Gasteiger partial charge on any atom is 0.220 e. The Morgan fingerprint density at radius 3 is 2.95 bits per heavy atom. The summed E-state index contributed by atoms with van der Waals surface area (Å²) in [6.45, 7) is 6.14. The average molecular weight is 301 g/mol. The Balaban J connectivity index is 0.00000200. The predicted octanol–water partition coefficient (Wildman–Crippen LogP) is 1.72. The zero-order valence-electron chi connectivity index (χ0n) is 12.5. The molecule has 2 N–H and O–H groups in total. The number of nitrogens with one attached hydrogen (secondary N) is 2. The summed E-state index contributed by atoms with van der Waals surface area (Å²) in [7, 11) is 1.90. The third kappa shape index (κ3) is 4.49. The molecule has 2 unspecified atom stereocenters. The fourth-order valence-corrected chi connectivity index (χ4v) is 2.73. The molecule has 114 valence electrons. The van der Waals surface area contributed by atoms with Crippen LogP contribution in [0, 0.1) is 12.8 Å². The van der Waals surface area contributed by atoms with E-state index < -0.39 is 0 Å². The molecule has 0 radical (unpaired) electrons. The number of hydrogen-bond donors (Lipinski definition) is 2. The maximum absolute atomic E-state index is 11.9. The van der Waals surface area contributed by atoms with Crippen LogP contribution in [0.5, 0.6) is 0 Å². The minimum atomic E-state index is 0. The number of aryl methyl sites for hydroxylation is 2. The van der Waals surface area contributed by atoms with E-state index in [0.717, 1.165) is 30.8 Å². The van der Waals surface area contributed by atoms with Crippen molar-refractivity contribution in [2.45, 2.75) is 39.2 Å². The molecule has 1 aromatic heterocycles. The topological polar surface area (TPSA) is 59.0 Å². The molecule has 20 heavy (non-hydrogen) atoms. The summed E-state index contributed by atoms with van der Waals surface area (Å²) >= 11 is 0. The molecule has 1 saturated heterocycles. The maximum atomic E-state index is 11.9. The molecule has 5 nitrogen and oxygen atoms in total. The van der Waals surface area contributed by atoms with Gasteiger partial charge in [0, 0.05) is 25.2 Å². The first kappa shape index (κ1) is 17.0. The van der Waals surface area contributed by atoms with Crippen molar-refractivity contribution in [3.8, 4) is 0 Å². The van der Waals surface area contributed by atoms with Crippen molar-refractivity contribution in [2.24, 2.45) is 13.0 Å². The van der Waals surface area contributed by atoms with Gasteiger partial charge in [0.2, 0.25) is 5.91 Å². The van der Waals surface area contributed by atoms with Crippen molar-refractivity contribution in [3.63, 3.8) is 0 Å². The van der Waals surface area contributed by atoms with Gasteiger partial charge in [-0.1, -0.05) is 0 Å². The molecule has 1 amide bonds. The zero-order chi connectivity index (χ0) is 13.8. The van der Waals surface area contributed by atoms with E-state index >= 15 is 0 Å². The summed E-state index contributed by atoms with van der Waals surface area (Å²) in [5.74, 6) is 0.809. The van der Waals surface area contributed by atoms with Gasteiger partial charge in [-0.15, -0.1) is 12.4 Å². The van der Waals surface area contributed by atoms with Crippen molar-refractivity contribution < 1.29 is 4.79 Å². The monoisotopic (exact) mass is 300 g/mol. The van der Waals surface area contributed by atoms with Gasteiger partial charge in [0.25, 0.3) is 0 Å². The molecule has 0 saturated carbocycles. The molecule has 0 aliphatic carbocycles. The molecular weight excluding hydrogens is 276 g/mol. The van der Waals surface area contributed by atoms with Crippen LogP contribution in [-0.4, -0.2) is 28.8 Å². The standard InChI is InChI=1S/C14H24N4O.ClH/c1-10(13-9-18(3)17-11(13)2)16-14(19)5-4-12-6-7-15-8-12;/h9-10,12,15H,4-8H2,1-3H3,(H,16,19);1H. The summed E-state index contributed by atoms with van der Waals surface area (Å²) in [5.41, 5.74) is 2.08. The highest BCUT2D eigenvalue weighted by molar-refractivity contribution is 5.85. The van der Waals surface area contributed by atoms with Crippen LogP contribution in [0.3, 0.4) is 0 Å². The van der Waals surface area contributed by atoms with E-state index in [-0.39, 0.29) is 24.4 Å². The average Bonchev–Trinajstić information content (AvgIpc) is 2.96. The van der Waals surface area contributed by atoms with E-state index in [4.69, 9.17) is 0 Å². The molecule has 0 aromatic carbocycles. The van der Waals surface area contributed by atoms with Gasteiger partial charge < -0.3 is 10.6 Å². The van der Waals surface area contributed by atoms with E-state index in [9.17, 15) is 4.79 Å². The molecule has 1 aromatic rings. The van der Waals surface area contributed by atoms with Crippen LogP contribution in [0.2, 0.25) is 0 Å². The van der Waals surface area contributed by atoms with E-state index in [1.54, 1.807) is 4.68 Å². The molecule has 2 heterocycles. The Kier molecular flexibility index (Phi) is 6.49. The SMILES string of the molecule is Cc1nn(C)cc1C(C)NC(=O)CCC1CCNC1.Cl. The van der Waals surface area contributed by atoms with Crippen molar-refractivity contribution in [1.82, 2.24) is 20.4 Å². The summed E-state index contributed by atoms with van der Waals surface area (Å²) < 4.78 is 1.79. The molecule has 1 aliphatic rings. The molecular formula is C14H25ClN4O. The fraction of sp³-hybridized carbons (Fsp3) is 0.714. The second kappa shape index (κ2) is 7.64. The molecule has 1 fully saturated rings. The quantitative estimate of drug-likeness (QED) is 0.870. The number of amides is 1. The van der Waals surface area contributed by atoms with Crippen molar-refractivity contribution in [3.05, 3.63) is 17.5 Å². The van der Waals surface area contributed by atoms with Gasteiger partial charge >= 0.3 is 0 Å². The van der Waals surface area contributed by atoms with Gasteiger partial charge in [0.05, 0.1) is 11.7 Å². The highest BCUT2D eigenvalue weighted by atomic mass is 35.5. The third-order valence-corrected chi connectivity index (χ3v) is 3.84. The highest BCUT2D eigenvalue weighted by Gasteiger charge is 2.18. The lowest BCUT2D eigenvalue weighted by Gasteiger charge is -2.14. The molecule has 1 aliphatic heterocycles. The molecule has 0 spiro atoms. The Morgan fingerprint density at radius 1 is 1.65 bits per heavy atom. The third-order valence-electron chi connectivity index (χ3n) is 3.84. The van der Waals surface area contributed by atoms with Gasteiger partial charge in [0.15, 0.2) is 0 Å². The van der Waals surface area contributed by atoms with Crippen molar-refractivity contribution >= 4 is 18.3 Å².